The van der Waals surface area contributed by atoms with Crippen LogP contribution in [-0.2, 0) is 23.1 Å². The molecule has 2 heterocycles. The van der Waals surface area contributed by atoms with Crippen molar-refractivity contribution in [1.82, 2.24) is 10.0 Å². The normalized spacial score (nSPS) is 11.9. The van der Waals surface area contributed by atoms with Crippen molar-refractivity contribution in [3.05, 3.63) is 36.6 Å². The molecule has 20 heavy (non-hydrogen) atoms. The smallest absolute Gasteiger partial charge is 0.242 e. The third kappa shape index (κ3) is 3.69. The van der Waals surface area contributed by atoms with Gasteiger partial charge in [0.05, 0.1) is 3.79 Å². The van der Waals surface area contributed by atoms with Crippen LogP contribution in [0.15, 0.2) is 26.2 Å². The molecular weight excluding hydrogens is 380 g/mol. The quantitative estimate of drug-likeness (QED) is 0.791. The van der Waals surface area contributed by atoms with E-state index in [1.165, 1.54) is 11.3 Å². The Morgan fingerprint density at radius 1 is 1.35 bits per heavy atom. The Hall–Kier alpha value is -0.250. The number of rotatable bonds is 6. The predicted octanol–water partition coefficient (Wildman–Crippen LogP) is 3.08. The molecule has 0 radical (unpaired) electrons. The fraction of sp³-hybridized carbons (Fsp3) is 0.333. The van der Waals surface area contributed by atoms with Crippen molar-refractivity contribution in [2.75, 3.05) is 7.05 Å². The molecule has 0 saturated heterocycles. The summed E-state index contributed by atoms with van der Waals surface area (Å²) in [5, 5.41) is 4.98. The van der Waals surface area contributed by atoms with E-state index in [1.807, 2.05) is 25.4 Å². The summed E-state index contributed by atoms with van der Waals surface area (Å²) in [6.07, 6.45) is 0. The first kappa shape index (κ1) is 16.1. The summed E-state index contributed by atoms with van der Waals surface area (Å²) in [7, 11) is -1.66. The van der Waals surface area contributed by atoms with Crippen molar-refractivity contribution < 1.29 is 8.42 Å². The van der Waals surface area contributed by atoms with Gasteiger partial charge in [-0.05, 0) is 53.0 Å². The molecule has 0 atom stereocenters. The summed E-state index contributed by atoms with van der Waals surface area (Å²) in [6.45, 7) is 2.96. The molecule has 110 valence electrons. The van der Waals surface area contributed by atoms with E-state index in [0.29, 0.717) is 21.8 Å². The molecule has 0 bridgehead atoms. The molecule has 8 heteroatoms. The minimum Gasteiger partial charge on any atom is -0.315 e. The molecule has 2 rings (SSSR count). The van der Waals surface area contributed by atoms with Crippen molar-refractivity contribution in [3.63, 3.8) is 0 Å². The van der Waals surface area contributed by atoms with Crippen molar-refractivity contribution in [3.8, 4) is 0 Å². The monoisotopic (exact) mass is 394 g/mol. The van der Waals surface area contributed by atoms with Crippen molar-refractivity contribution in [2.45, 2.75) is 24.9 Å². The third-order valence-electron chi connectivity index (χ3n) is 2.74. The molecule has 0 aliphatic rings. The Balaban J connectivity index is 2.16. The summed E-state index contributed by atoms with van der Waals surface area (Å²) in [5.74, 6) is 0. The molecule has 2 aromatic heterocycles. The van der Waals surface area contributed by atoms with E-state index in [1.54, 1.807) is 17.4 Å². The van der Waals surface area contributed by atoms with Crippen LogP contribution >= 0.6 is 38.6 Å². The van der Waals surface area contributed by atoms with Crippen LogP contribution < -0.4 is 10.0 Å². The van der Waals surface area contributed by atoms with E-state index in [9.17, 15) is 8.42 Å². The van der Waals surface area contributed by atoms with E-state index < -0.39 is 10.0 Å². The number of hydrogen-bond acceptors (Lipinski definition) is 5. The van der Waals surface area contributed by atoms with E-state index in [-0.39, 0.29) is 0 Å². The summed E-state index contributed by atoms with van der Waals surface area (Å²) in [5.41, 5.74) is 1.11. The highest BCUT2D eigenvalue weighted by Gasteiger charge is 2.21. The van der Waals surface area contributed by atoms with E-state index in [4.69, 9.17) is 0 Å². The number of sulfonamides is 1. The second-order valence-corrected chi connectivity index (χ2v) is 9.42. The molecule has 0 amide bonds. The maximum Gasteiger partial charge on any atom is 0.242 e. The van der Waals surface area contributed by atoms with Gasteiger partial charge in [0.1, 0.15) is 4.90 Å². The number of nitrogens with one attached hydrogen (secondary N) is 2. The molecule has 0 fully saturated rings. The summed E-state index contributed by atoms with van der Waals surface area (Å²) in [4.78, 5) is 2.32. The topological polar surface area (TPSA) is 58.2 Å². The first-order valence-electron chi connectivity index (χ1n) is 5.89. The molecular formula is C12H15BrN2O2S3. The molecule has 4 nitrogen and oxygen atoms in total. The zero-order valence-corrected chi connectivity index (χ0v) is 15.1. The lowest BCUT2D eigenvalue weighted by Crippen LogP contribution is -2.23. The Labute approximate surface area is 135 Å². The van der Waals surface area contributed by atoms with E-state index in [2.05, 4.69) is 26.0 Å². The fourth-order valence-electron chi connectivity index (χ4n) is 1.67. The van der Waals surface area contributed by atoms with E-state index >= 15 is 0 Å². The highest BCUT2D eigenvalue weighted by molar-refractivity contribution is 9.11. The highest BCUT2D eigenvalue weighted by atomic mass is 79.9. The maximum atomic E-state index is 12.3. The lowest BCUT2D eigenvalue weighted by molar-refractivity contribution is 0.581. The van der Waals surface area contributed by atoms with Crippen LogP contribution in [0.1, 0.15) is 15.3 Å². The fourth-order valence-corrected chi connectivity index (χ4v) is 6.29. The Morgan fingerprint density at radius 3 is 2.70 bits per heavy atom. The van der Waals surface area contributed by atoms with Crippen LogP contribution in [0.3, 0.4) is 0 Å². The third-order valence-corrected chi connectivity index (χ3v) is 7.41. The first-order chi connectivity index (χ1) is 9.44. The van der Waals surface area contributed by atoms with Gasteiger partial charge in [0.25, 0.3) is 0 Å². The zero-order valence-electron chi connectivity index (χ0n) is 11.1. The standard InChI is InChI=1S/C12H15BrN2O2S3/c1-8-3-4-18-10(8)7-15-20(16,17)11-5-9(6-14-2)19-12(11)13/h3-5,14-15H,6-7H2,1-2H3. The Bertz CT molecular complexity index is 691. The van der Waals surface area contributed by atoms with Crippen LogP contribution in [0.2, 0.25) is 0 Å². The molecule has 0 spiro atoms. The summed E-state index contributed by atoms with van der Waals surface area (Å²) in [6, 6.07) is 3.69. The van der Waals surface area contributed by atoms with Gasteiger partial charge < -0.3 is 5.32 Å². The maximum absolute atomic E-state index is 12.3. The number of thiophene rings is 2. The van der Waals surface area contributed by atoms with Gasteiger partial charge in [-0.25, -0.2) is 13.1 Å². The summed E-state index contributed by atoms with van der Waals surface area (Å²) < 4.78 is 27.9. The summed E-state index contributed by atoms with van der Waals surface area (Å²) >= 11 is 6.32. The average Bonchev–Trinajstić information content (AvgIpc) is 2.94. The number of aryl methyl sites for hydroxylation is 1. The van der Waals surface area contributed by atoms with Gasteiger partial charge in [0.2, 0.25) is 10.0 Å². The minimum atomic E-state index is -3.49. The Kier molecular flexibility index (Phi) is 5.38. The molecule has 2 N–H and O–H groups in total. The van der Waals surface area contributed by atoms with Gasteiger partial charge in [-0.15, -0.1) is 22.7 Å². The molecule has 0 saturated carbocycles. The lowest BCUT2D eigenvalue weighted by Gasteiger charge is -2.05. The number of halogens is 1. The van der Waals surface area contributed by atoms with Crippen LogP contribution in [-0.4, -0.2) is 15.5 Å². The van der Waals surface area contributed by atoms with Gasteiger partial charge >= 0.3 is 0 Å². The van der Waals surface area contributed by atoms with Crippen LogP contribution in [0.5, 0.6) is 0 Å². The van der Waals surface area contributed by atoms with Crippen LogP contribution in [0.25, 0.3) is 0 Å². The van der Waals surface area contributed by atoms with Gasteiger partial charge in [-0.1, -0.05) is 0 Å². The van der Waals surface area contributed by atoms with Crippen molar-refractivity contribution in [2.24, 2.45) is 0 Å². The molecule has 0 aliphatic carbocycles. The van der Waals surface area contributed by atoms with Gasteiger partial charge in [-0.3, -0.25) is 0 Å². The van der Waals surface area contributed by atoms with Crippen LogP contribution in [0, 0.1) is 6.92 Å². The number of hydrogen-bond donors (Lipinski definition) is 2. The molecule has 0 aromatic carbocycles. The first-order valence-corrected chi connectivity index (χ1v) is 9.86. The Morgan fingerprint density at radius 2 is 2.10 bits per heavy atom. The second kappa shape index (κ2) is 6.67. The lowest BCUT2D eigenvalue weighted by atomic mass is 10.3. The SMILES string of the molecule is CNCc1cc(S(=O)(=O)NCc2sccc2C)c(Br)s1. The zero-order chi connectivity index (χ0) is 14.8. The largest absolute Gasteiger partial charge is 0.315 e. The average molecular weight is 395 g/mol. The minimum absolute atomic E-state index is 0.307. The highest BCUT2D eigenvalue weighted by Crippen LogP contribution is 2.31. The van der Waals surface area contributed by atoms with Gasteiger partial charge in [-0.2, -0.15) is 0 Å². The molecule has 2 aromatic rings. The van der Waals surface area contributed by atoms with Crippen LogP contribution in [0.4, 0.5) is 0 Å². The molecule has 0 aliphatic heterocycles. The van der Waals surface area contributed by atoms with Gasteiger partial charge in [0, 0.05) is 22.8 Å². The van der Waals surface area contributed by atoms with Gasteiger partial charge in [0.15, 0.2) is 0 Å². The molecule has 0 unspecified atom stereocenters. The van der Waals surface area contributed by atoms with Crippen molar-refractivity contribution >= 4 is 48.6 Å². The van der Waals surface area contributed by atoms with Crippen molar-refractivity contribution in [1.29, 1.82) is 0 Å². The predicted molar refractivity (Wildman–Crippen MR) is 87.9 cm³/mol. The second-order valence-electron chi connectivity index (χ2n) is 4.23. The van der Waals surface area contributed by atoms with E-state index in [0.717, 1.165) is 15.3 Å².